The Morgan fingerprint density at radius 1 is 1.23 bits per heavy atom. The first-order chi connectivity index (χ1) is 10.8. The zero-order chi connectivity index (χ0) is 15.6. The minimum atomic E-state index is 0.202. The molecular formula is C17H30N4O. The van der Waals surface area contributed by atoms with E-state index >= 15 is 0 Å². The predicted molar refractivity (Wildman–Crippen MR) is 90.9 cm³/mol. The predicted octanol–water partition coefficient (Wildman–Crippen LogP) is 1.96. The van der Waals surface area contributed by atoms with E-state index in [1.165, 1.54) is 25.7 Å². The van der Waals surface area contributed by atoms with Gasteiger partial charge in [-0.3, -0.25) is 9.79 Å². The molecule has 1 fully saturated rings. The summed E-state index contributed by atoms with van der Waals surface area (Å²) in [7, 11) is 0. The Morgan fingerprint density at radius 2 is 2.05 bits per heavy atom. The highest BCUT2D eigenvalue weighted by molar-refractivity contribution is 5.81. The maximum Gasteiger partial charge on any atom is 0.223 e. The van der Waals surface area contributed by atoms with E-state index in [0.29, 0.717) is 13.1 Å². The van der Waals surface area contributed by atoms with Crippen molar-refractivity contribution in [1.29, 1.82) is 0 Å². The van der Waals surface area contributed by atoms with Gasteiger partial charge in [-0.15, -0.1) is 0 Å². The molecule has 0 heterocycles. The van der Waals surface area contributed by atoms with Crippen LogP contribution in [0.25, 0.3) is 0 Å². The molecule has 5 nitrogen and oxygen atoms in total. The lowest BCUT2D eigenvalue weighted by atomic mass is 9.97. The molecule has 3 N–H and O–H groups in total. The van der Waals surface area contributed by atoms with Gasteiger partial charge in [-0.05, 0) is 51.9 Å². The summed E-state index contributed by atoms with van der Waals surface area (Å²) < 4.78 is 0. The molecule has 1 saturated carbocycles. The van der Waals surface area contributed by atoms with Crippen LogP contribution in [0.4, 0.5) is 0 Å². The van der Waals surface area contributed by atoms with Crippen LogP contribution >= 0.6 is 0 Å². The Balaban J connectivity index is 1.62. The highest BCUT2D eigenvalue weighted by Crippen LogP contribution is 2.28. The van der Waals surface area contributed by atoms with Gasteiger partial charge in [0.2, 0.25) is 5.91 Å². The molecule has 0 unspecified atom stereocenters. The summed E-state index contributed by atoms with van der Waals surface area (Å²) in [6.45, 7) is 5.12. The standard InChI is InChI=1S/C17H30N4O/c1-2-18-17(20-11-10-14-6-4-3-5-7-14)21-13-12-19-16(22)15-8-9-15/h6,15H,2-5,7-13H2,1H3,(H,19,22)(H2,18,20,21). The number of nitrogens with zero attached hydrogens (tertiary/aromatic N) is 1. The largest absolute Gasteiger partial charge is 0.357 e. The van der Waals surface area contributed by atoms with Gasteiger partial charge in [0.25, 0.3) is 0 Å². The molecule has 0 saturated heterocycles. The van der Waals surface area contributed by atoms with Crippen molar-refractivity contribution in [1.82, 2.24) is 16.0 Å². The van der Waals surface area contributed by atoms with Gasteiger partial charge in [0.1, 0.15) is 0 Å². The number of rotatable bonds is 8. The lowest BCUT2D eigenvalue weighted by Crippen LogP contribution is -2.41. The Labute approximate surface area is 134 Å². The fourth-order valence-corrected chi connectivity index (χ4v) is 2.64. The lowest BCUT2D eigenvalue weighted by Gasteiger charge is -2.13. The van der Waals surface area contributed by atoms with E-state index in [4.69, 9.17) is 0 Å². The first-order valence-electron chi connectivity index (χ1n) is 8.77. The Kier molecular flexibility index (Phi) is 7.26. The molecule has 0 bridgehead atoms. The molecule has 2 aliphatic rings. The second kappa shape index (κ2) is 9.49. The summed E-state index contributed by atoms with van der Waals surface area (Å²) in [5.74, 6) is 1.33. The van der Waals surface area contributed by atoms with Crippen molar-refractivity contribution in [2.45, 2.75) is 51.9 Å². The molecule has 22 heavy (non-hydrogen) atoms. The number of nitrogens with one attached hydrogen (secondary N) is 3. The summed E-state index contributed by atoms with van der Waals surface area (Å²) in [6, 6.07) is 0. The smallest absolute Gasteiger partial charge is 0.223 e. The molecule has 0 radical (unpaired) electrons. The number of aliphatic imine (C=N–C) groups is 1. The fourth-order valence-electron chi connectivity index (χ4n) is 2.64. The van der Waals surface area contributed by atoms with Gasteiger partial charge < -0.3 is 16.0 Å². The van der Waals surface area contributed by atoms with Gasteiger partial charge in [-0.25, -0.2) is 0 Å². The number of amides is 1. The summed E-state index contributed by atoms with van der Waals surface area (Å²) in [4.78, 5) is 16.1. The van der Waals surface area contributed by atoms with E-state index in [9.17, 15) is 4.79 Å². The van der Waals surface area contributed by atoms with Gasteiger partial charge in [-0.2, -0.15) is 0 Å². The molecule has 2 aliphatic carbocycles. The Hall–Kier alpha value is -1.52. The third kappa shape index (κ3) is 6.50. The molecule has 0 aromatic heterocycles. The van der Waals surface area contributed by atoms with Crippen molar-refractivity contribution in [3.05, 3.63) is 11.6 Å². The average Bonchev–Trinajstić information content (AvgIpc) is 3.37. The van der Waals surface area contributed by atoms with Crippen LogP contribution in [0.2, 0.25) is 0 Å². The minimum Gasteiger partial charge on any atom is -0.357 e. The SMILES string of the molecule is CCNC(=NCCC1=CCCCC1)NCCNC(=O)C1CC1. The second-order valence-corrected chi connectivity index (χ2v) is 6.11. The lowest BCUT2D eigenvalue weighted by molar-refractivity contribution is -0.122. The summed E-state index contributed by atoms with van der Waals surface area (Å²) in [5, 5.41) is 9.48. The summed E-state index contributed by atoms with van der Waals surface area (Å²) in [6.07, 6.45) is 10.7. The normalized spacial score (nSPS) is 18.6. The third-order valence-electron chi connectivity index (χ3n) is 4.10. The molecule has 1 amide bonds. The molecular weight excluding hydrogens is 276 g/mol. The monoisotopic (exact) mass is 306 g/mol. The van der Waals surface area contributed by atoms with Crippen molar-refractivity contribution in [3.63, 3.8) is 0 Å². The van der Waals surface area contributed by atoms with Crippen molar-refractivity contribution < 1.29 is 4.79 Å². The van der Waals surface area contributed by atoms with Crippen LogP contribution in [0.3, 0.4) is 0 Å². The van der Waals surface area contributed by atoms with Gasteiger partial charge in [0, 0.05) is 32.1 Å². The Morgan fingerprint density at radius 3 is 2.73 bits per heavy atom. The molecule has 124 valence electrons. The van der Waals surface area contributed by atoms with E-state index in [2.05, 4.69) is 33.9 Å². The number of guanidine groups is 1. The van der Waals surface area contributed by atoms with Crippen LogP contribution in [0.5, 0.6) is 0 Å². The Bertz CT molecular complexity index is 413. The van der Waals surface area contributed by atoms with Gasteiger partial charge in [0.05, 0.1) is 0 Å². The maximum atomic E-state index is 11.5. The van der Waals surface area contributed by atoms with E-state index < -0.39 is 0 Å². The number of carbonyl (C=O) groups excluding carboxylic acids is 1. The van der Waals surface area contributed by atoms with Crippen molar-refractivity contribution in [2.75, 3.05) is 26.2 Å². The number of hydrogen-bond acceptors (Lipinski definition) is 2. The first-order valence-corrected chi connectivity index (χ1v) is 8.77. The first kappa shape index (κ1) is 16.8. The average molecular weight is 306 g/mol. The van der Waals surface area contributed by atoms with Crippen LogP contribution < -0.4 is 16.0 Å². The summed E-state index contributed by atoms with van der Waals surface area (Å²) in [5.41, 5.74) is 1.56. The van der Waals surface area contributed by atoms with Crippen molar-refractivity contribution >= 4 is 11.9 Å². The highest BCUT2D eigenvalue weighted by Gasteiger charge is 2.28. The van der Waals surface area contributed by atoms with Crippen molar-refractivity contribution in [2.24, 2.45) is 10.9 Å². The van der Waals surface area contributed by atoms with Crippen LogP contribution in [-0.4, -0.2) is 38.0 Å². The molecule has 0 spiro atoms. The molecule has 0 aromatic rings. The van der Waals surface area contributed by atoms with Crippen LogP contribution in [-0.2, 0) is 4.79 Å². The van der Waals surface area contributed by atoms with Gasteiger partial charge in [0.15, 0.2) is 5.96 Å². The third-order valence-corrected chi connectivity index (χ3v) is 4.10. The van der Waals surface area contributed by atoms with E-state index in [-0.39, 0.29) is 11.8 Å². The number of hydrogen-bond donors (Lipinski definition) is 3. The van der Waals surface area contributed by atoms with Crippen LogP contribution in [0, 0.1) is 5.92 Å². The zero-order valence-corrected chi connectivity index (χ0v) is 13.8. The van der Waals surface area contributed by atoms with Crippen LogP contribution in [0.1, 0.15) is 51.9 Å². The number of carbonyl (C=O) groups is 1. The molecule has 5 heteroatoms. The highest BCUT2D eigenvalue weighted by atomic mass is 16.2. The fraction of sp³-hybridized carbons (Fsp3) is 0.765. The second-order valence-electron chi connectivity index (χ2n) is 6.11. The van der Waals surface area contributed by atoms with E-state index in [1.807, 2.05) is 0 Å². The number of allylic oxidation sites excluding steroid dienone is 1. The maximum absolute atomic E-state index is 11.5. The van der Waals surface area contributed by atoms with Crippen molar-refractivity contribution in [3.8, 4) is 0 Å². The molecule has 0 aliphatic heterocycles. The zero-order valence-electron chi connectivity index (χ0n) is 13.8. The molecule has 0 atom stereocenters. The molecule has 0 aromatic carbocycles. The van der Waals surface area contributed by atoms with Gasteiger partial charge in [-0.1, -0.05) is 11.6 Å². The quantitative estimate of drug-likeness (QED) is 0.278. The molecule has 2 rings (SSSR count). The summed E-state index contributed by atoms with van der Waals surface area (Å²) >= 11 is 0. The van der Waals surface area contributed by atoms with Crippen LogP contribution in [0.15, 0.2) is 16.6 Å². The minimum absolute atomic E-state index is 0.202. The van der Waals surface area contributed by atoms with E-state index in [0.717, 1.165) is 38.3 Å². The van der Waals surface area contributed by atoms with E-state index in [1.54, 1.807) is 5.57 Å². The topological polar surface area (TPSA) is 65.5 Å². The van der Waals surface area contributed by atoms with Gasteiger partial charge >= 0.3 is 0 Å².